The van der Waals surface area contributed by atoms with Crippen LogP contribution in [0.5, 0.6) is 0 Å². The summed E-state index contributed by atoms with van der Waals surface area (Å²) in [5.41, 5.74) is 0.650. The Labute approximate surface area is 156 Å². The van der Waals surface area contributed by atoms with Crippen LogP contribution in [0.1, 0.15) is 36.7 Å². The molecule has 26 heavy (non-hydrogen) atoms. The second-order valence-corrected chi connectivity index (χ2v) is 8.48. The molecule has 0 aromatic heterocycles. The lowest BCUT2D eigenvalue weighted by molar-refractivity contribution is -0.137. The van der Waals surface area contributed by atoms with Gasteiger partial charge in [-0.05, 0) is 38.5 Å². The number of likely N-dealkylation sites (N-methyl/N-ethyl adjacent to an activating group) is 1. The van der Waals surface area contributed by atoms with Gasteiger partial charge in [-0.2, -0.15) is 0 Å². The van der Waals surface area contributed by atoms with E-state index in [0.717, 1.165) is 5.56 Å². The van der Waals surface area contributed by atoms with Gasteiger partial charge in [-0.15, -0.1) is 0 Å². The highest BCUT2D eigenvalue weighted by atomic mass is 32.2. The Morgan fingerprint density at radius 2 is 1.88 bits per heavy atom. The van der Waals surface area contributed by atoms with E-state index >= 15 is 0 Å². The smallest absolute Gasteiger partial charge is 0.338 e. The standard InChI is InChI=1S/C18H26N2O5S/c1-18(2,3)19-15(21)10-20(4)16(22)11-25-17(23)14-8-6-7-13(9-14)12-26(5)24/h6-9H,10-12H2,1-5H3,(H,19,21). The molecule has 1 N–H and O–H groups in total. The molecular formula is C18H26N2O5S. The van der Waals surface area contributed by atoms with Crippen molar-refractivity contribution in [1.29, 1.82) is 0 Å². The van der Waals surface area contributed by atoms with Gasteiger partial charge in [0.1, 0.15) is 0 Å². The van der Waals surface area contributed by atoms with Crippen molar-refractivity contribution in [3.63, 3.8) is 0 Å². The summed E-state index contributed by atoms with van der Waals surface area (Å²) in [5.74, 6) is -1.08. The van der Waals surface area contributed by atoms with Crippen molar-refractivity contribution in [2.24, 2.45) is 0 Å². The third-order valence-electron chi connectivity index (χ3n) is 3.18. The van der Waals surface area contributed by atoms with Gasteiger partial charge in [0.05, 0.1) is 12.1 Å². The number of carbonyl (C=O) groups is 3. The number of amides is 2. The Bertz CT molecular complexity index is 697. The molecule has 1 atom stereocenters. The quantitative estimate of drug-likeness (QED) is 0.713. The van der Waals surface area contributed by atoms with Gasteiger partial charge in [-0.1, -0.05) is 12.1 Å². The number of ether oxygens (including phenoxy) is 1. The zero-order valence-corrected chi connectivity index (χ0v) is 16.6. The zero-order chi connectivity index (χ0) is 19.9. The fourth-order valence-electron chi connectivity index (χ4n) is 2.10. The number of nitrogens with zero attached hydrogens (tertiary/aromatic N) is 1. The van der Waals surface area contributed by atoms with Gasteiger partial charge in [0.2, 0.25) is 5.91 Å². The van der Waals surface area contributed by atoms with E-state index in [2.05, 4.69) is 5.32 Å². The molecule has 1 aromatic rings. The van der Waals surface area contributed by atoms with E-state index in [0.29, 0.717) is 5.75 Å². The van der Waals surface area contributed by atoms with Crippen LogP contribution in [0.15, 0.2) is 24.3 Å². The molecule has 0 saturated heterocycles. The van der Waals surface area contributed by atoms with Crippen LogP contribution < -0.4 is 5.32 Å². The minimum absolute atomic E-state index is 0.120. The topological polar surface area (TPSA) is 92.8 Å². The molecule has 0 aliphatic carbocycles. The minimum Gasteiger partial charge on any atom is -0.452 e. The number of carbonyl (C=O) groups excluding carboxylic acids is 3. The normalized spacial score (nSPS) is 12.2. The fraction of sp³-hybridized carbons (Fsp3) is 0.500. The molecule has 2 amide bonds. The fourth-order valence-corrected chi connectivity index (χ4v) is 2.75. The highest BCUT2D eigenvalue weighted by Gasteiger charge is 2.19. The summed E-state index contributed by atoms with van der Waals surface area (Å²) in [7, 11) is 0.448. The van der Waals surface area contributed by atoms with Crippen LogP contribution in [-0.4, -0.2) is 58.9 Å². The SMILES string of the molecule is CN(CC(=O)NC(C)(C)C)C(=O)COC(=O)c1cccc(CS(C)=O)c1. The van der Waals surface area contributed by atoms with E-state index in [1.165, 1.54) is 11.9 Å². The monoisotopic (exact) mass is 382 g/mol. The van der Waals surface area contributed by atoms with Gasteiger partial charge < -0.3 is 15.0 Å². The molecular weight excluding hydrogens is 356 g/mol. The summed E-state index contributed by atoms with van der Waals surface area (Å²) < 4.78 is 16.3. The Balaban J connectivity index is 2.54. The van der Waals surface area contributed by atoms with Crippen molar-refractivity contribution in [1.82, 2.24) is 10.2 Å². The number of nitrogens with one attached hydrogen (secondary N) is 1. The number of hydrogen-bond acceptors (Lipinski definition) is 5. The molecule has 1 rings (SSSR count). The maximum atomic E-state index is 12.1. The molecule has 0 aliphatic rings. The van der Waals surface area contributed by atoms with Crippen molar-refractivity contribution in [2.75, 3.05) is 26.5 Å². The summed E-state index contributed by atoms with van der Waals surface area (Å²) in [6.45, 7) is 4.96. The van der Waals surface area contributed by atoms with E-state index in [4.69, 9.17) is 4.74 Å². The van der Waals surface area contributed by atoms with E-state index in [1.54, 1.807) is 30.5 Å². The van der Waals surface area contributed by atoms with Crippen LogP contribution in [0.25, 0.3) is 0 Å². The lowest BCUT2D eigenvalue weighted by Crippen LogP contribution is -2.46. The van der Waals surface area contributed by atoms with E-state index < -0.39 is 29.3 Å². The van der Waals surface area contributed by atoms with Gasteiger partial charge in [0, 0.05) is 35.4 Å². The summed E-state index contributed by atoms with van der Waals surface area (Å²) in [4.78, 5) is 37.1. The molecule has 0 bridgehead atoms. The second kappa shape index (κ2) is 9.47. The molecule has 0 radical (unpaired) electrons. The Kier molecular flexibility index (Phi) is 7.95. The Morgan fingerprint density at radius 3 is 2.46 bits per heavy atom. The summed E-state index contributed by atoms with van der Waals surface area (Å²) in [6.07, 6.45) is 1.58. The van der Waals surface area contributed by atoms with Crippen molar-refractivity contribution in [3.8, 4) is 0 Å². The Morgan fingerprint density at radius 1 is 1.23 bits per heavy atom. The van der Waals surface area contributed by atoms with Crippen LogP contribution in [0.4, 0.5) is 0 Å². The van der Waals surface area contributed by atoms with Crippen molar-refractivity contribution >= 4 is 28.6 Å². The van der Waals surface area contributed by atoms with Gasteiger partial charge >= 0.3 is 5.97 Å². The zero-order valence-electron chi connectivity index (χ0n) is 15.8. The largest absolute Gasteiger partial charge is 0.452 e. The predicted octanol–water partition coefficient (Wildman–Crippen LogP) is 1.10. The van der Waals surface area contributed by atoms with Crippen LogP contribution in [0.2, 0.25) is 0 Å². The molecule has 7 nitrogen and oxygen atoms in total. The van der Waals surface area contributed by atoms with Crippen molar-refractivity contribution in [2.45, 2.75) is 32.1 Å². The molecule has 0 heterocycles. The molecule has 1 aromatic carbocycles. The van der Waals surface area contributed by atoms with Crippen LogP contribution >= 0.6 is 0 Å². The lowest BCUT2D eigenvalue weighted by atomic mass is 10.1. The average molecular weight is 382 g/mol. The average Bonchev–Trinajstić information content (AvgIpc) is 2.49. The van der Waals surface area contributed by atoms with Crippen LogP contribution in [0.3, 0.4) is 0 Å². The number of hydrogen-bond donors (Lipinski definition) is 1. The van der Waals surface area contributed by atoms with Gasteiger partial charge in [0.15, 0.2) is 6.61 Å². The highest BCUT2D eigenvalue weighted by molar-refractivity contribution is 7.83. The molecule has 0 fully saturated rings. The van der Waals surface area contributed by atoms with Crippen LogP contribution in [-0.2, 0) is 30.9 Å². The first-order valence-corrected chi connectivity index (χ1v) is 9.82. The second-order valence-electron chi connectivity index (χ2n) is 7.04. The maximum Gasteiger partial charge on any atom is 0.338 e. The van der Waals surface area contributed by atoms with E-state index in [1.807, 2.05) is 20.8 Å². The van der Waals surface area contributed by atoms with Crippen molar-refractivity contribution < 1.29 is 23.3 Å². The molecule has 0 spiro atoms. The molecule has 1 unspecified atom stereocenters. The summed E-state index contributed by atoms with van der Waals surface area (Å²) in [5, 5.41) is 2.75. The first kappa shape index (κ1) is 21.8. The van der Waals surface area contributed by atoms with Crippen LogP contribution in [0, 0.1) is 0 Å². The summed E-state index contributed by atoms with van der Waals surface area (Å²) >= 11 is 0. The third kappa shape index (κ3) is 8.24. The third-order valence-corrected chi connectivity index (χ3v) is 3.92. The maximum absolute atomic E-state index is 12.1. The highest BCUT2D eigenvalue weighted by Crippen LogP contribution is 2.09. The lowest BCUT2D eigenvalue weighted by Gasteiger charge is -2.23. The Hall–Kier alpha value is -2.22. The van der Waals surface area contributed by atoms with Crippen molar-refractivity contribution in [3.05, 3.63) is 35.4 Å². The number of rotatable bonds is 7. The summed E-state index contributed by atoms with van der Waals surface area (Å²) in [6, 6.07) is 6.60. The van der Waals surface area contributed by atoms with Gasteiger partial charge in [-0.25, -0.2) is 4.79 Å². The number of benzene rings is 1. The van der Waals surface area contributed by atoms with E-state index in [9.17, 15) is 18.6 Å². The predicted molar refractivity (Wildman–Crippen MR) is 100 cm³/mol. The molecule has 0 aliphatic heterocycles. The molecule has 8 heteroatoms. The number of esters is 1. The first-order chi connectivity index (χ1) is 12.0. The minimum atomic E-state index is -1.02. The van der Waals surface area contributed by atoms with Gasteiger partial charge in [0.25, 0.3) is 5.91 Å². The van der Waals surface area contributed by atoms with Gasteiger partial charge in [-0.3, -0.25) is 13.8 Å². The first-order valence-electron chi connectivity index (χ1n) is 8.09. The molecule has 0 saturated carbocycles. The van der Waals surface area contributed by atoms with E-state index in [-0.39, 0.29) is 23.6 Å². The molecule has 144 valence electrons.